The molecule has 3 rings (SSSR count). The summed E-state index contributed by atoms with van der Waals surface area (Å²) in [4.78, 5) is 27.9. The topological polar surface area (TPSA) is 60.9 Å². The van der Waals surface area contributed by atoms with E-state index in [1.807, 2.05) is 25.1 Å². The van der Waals surface area contributed by atoms with Crippen LogP contribution in [-0.2, 0) is 11.2 Å². The number of nitrogens with zero attached hydrogens (tertiary/aromatic N) is 2. The van der Waals surface area contributed by atoms with Crippen molar-refractivity contribution in [3.05, 3.63) is 64.2 Å². The minimum Gasteiger partial charge on any atom is -0.481 e. The van der Waals surface area contributed by atoms with Crippen molar-refractivity contribution in [3.63, 3.8) is 0 Å². The van der Waals surface area contributed by atoms with E-state index in [1.165, 1.54) is 0 Å². The highest BCUT2D eigenvalue weighted by atomic mass is 35.5. The zero-order valence-electron chi connectivity index (χ0n) is 14.6. The number of amides is 1. The van der Waals surface area contributed by atoms with Gasteiger partial charge in [-0.25, -0.2) is 0 Å². The Morgan fingerprint density at radius 2 is 1.77 bits per heavy atom. The number of aliphatic carboxylic acids is 1. The lowest BCUT2D eigenvalue weighted by molar-refractivity contribution is -0.136. The average Bonchev–Trinajstić information content (AvgIpc) is 2.63. The number of halogens is 1. The van der Waals surface area contributed by atoms with E-state index in [-0.39, 0.29) is 12.3 Å². The monoisotopic (exact) mass is 372 g/mol. The van der Waals surface area contributed by atoms with Gasteiger partial charge in [-0.3, -0.25) is 9.59 Å². The summed E-state index contributed by atoms with van der Waals surface area (Å²) in [7, 11) is 0. The van der Waals surface area contributed by atoms with Crippen LogP contribution in [0.5, 0.6) is 0 Å². The molecule has 0 unspecified atom stereocenters. The van der Waals surface area contributed by atoms with Gasteiger partial charge in [0, 0.05) is 42.5 Å². The third-order valence-electron chi connectivity index (χ3n) is 4.67. The van der Waals surface area contributed by atoms with E-state index in [0.29, 0.717) is 42.3 Å². The van der Waals surface area contributed by atoms with Crippen LogP contribution in [0.15, 0.2) is 42.5 Å². The summed E-state index contributed by atoms with van der Waals surface area (Å²) in [5.74, 6) is -1.05. The van der Waals surface area contributed by atoms with Crippen molar-refractivity contribution in [1.82, 2.24) is 4.90 Å². The number of benzene rings is 2. The van der Waals surface area contributed by atoms with E-state index in [1.54, 1.807) is 29.2 Å². The lowest BCUT2D eigenvalue weighted by atomic mass is 10.0. The second-order valence-electron chi connectivity index (χ2n) is 6.44. The number of piperazine rings is 1. The number of carboxylic acid groups (broad SMARTS) is 1. The van der Waals surface area contributed by atoms with Crippen LogP contribution in [0.2, 0.25) is 5.02 Å². The van der Waals surface area contributed by atoms with Crippen LogP contribution in [0.25, 0.3) is 0 Å². The SMILES string of the molecule is Cc1ccc(Cl)cc1N1CCN(C(=O)c2ccccc2CC(=O)O)CC1. The van der Waals surface area contributed by atoms with Crippen molar-refractivity contribution in [3.8, 4) is 0 Å². The summed E-state index contributed by atoms with van der Waals surface area (Å²) in [6, 6.07) is 12.8. The molecule has 0 spiro atoms. The molecule has 6 heteroatoms. The van der Waals surface area contributed by atoms with Crippen LogP contribution in [-0.4, -0.2) is 48.1 Å². The van der Waals surface area contributed by atoms with Crippen LogP contribution in [0.3, 0.4) is 0 Å². The molecule has 136 valence electrons. The van der Waals surface area contributed by atoms with Gasteiger partial charge in [0.15, 0.2) is 0 Å². The van der Waals surface area contributed by atoms with Crippen LogP contribution in [0, 0.1) is 6.92 Å². The fourth-order valence-corrected chi connectivity index (χ4v) is 3.46. The fraction of sp³-hybridized carbons (Fsp3) is 0.300. The molecule has 2 aromatic rings. The summed E-state index contributed by atoms with van der Waals surface area (Å²) < 4.78 is 0. The van der Waals surface area contributed by atoms with Gasteiger partial charge in [-0.2, -0.15) is 0 Å². The lowest BCUT2D eigenvalue weighted by Gasteiger charge is -2.37. The number of hydrogen-bond donors (Lipinski definition) is 1. The van der Waals surface area contributed by atoms with Gasteiger partial charge in [0.05, 0.1) is 6.42 Å². The van der Waals surface area contributed by atoms with Crippen molar-refractivity contribution in [1.29, 1.82) is 0 Å². The summed E-state index contributed by atoms with van der Waals surface area (Å²) in [5, 5.41) is 9.75. The maximum Gasteiger partial charge on any atom is 0.307 e. The third-order valence-corrected chi connectivity index (χ3v) is 4.90. The highest BCUT2D eigenvalue weighted by Gasteiger charge is 2.24. The van der Waals surface area contributed by atoms with Crippen LogP contribution < -0.4 is 4.90 Å². The molecule has 0 atom stereocenters. The second-order valence-corrected chi connectivity index (χ2v) is 6.87. The quantitative estimate of drug-likeness (QED) is 0.895. The number of carboxylic acids is 1. The Morgan fingerprint density at radius 1 is 1.08 bits per heavy atom. The first-order valence-electron chi connectivity index (χ1n) is 8.56. The first-order valence-corrected chi connectivity index (χ1v) is 8.93. The molecule has 1 heterocycles. The first-order chi connectivity index (χ1) is 12.5. The highest BCUT2D eigenvalue weighted by Crippen LogP contribution is 2.25. The first kappa shape index (κ1) is 18.3. The molecule has 0 radical (unpaired) electrons. The van der Waals surface area contributed by atoms with E-state index in [0.717, 1.165) is 11.3 Å². The second kappa shape index (κ2) is 7.79. The molecule has 0 aromatic heterocycles. The van der Waals surface area contributed by atoms with Crippen LogP contribution in [0.4, 0.5) is 5.69 Å². The standard InChI is InChI=1S/C20H21ClN2O3/c1-14-6-7-16(21)13-18(14)22-8-10-23(11-9-22)20(26)17-5-3-2-4-15(17)12-19(24)25/h2-7,13H,8-12H2,1H3,(H,24,25). The number of carbonyl (C=O) groups excluding carboxylic acids is 1. The molecule has 0 bridgehead atoms. The Hall–Kier alpha value is -2.53. The Bertz CT molecular complexity index is 830. The van der Waals surface area contributed by atoms with E-state index in [4.69, 9.17) is 16.7 Å². The normalized spacial score (nSPS) is 14.4. The number of carbonyl (C=O) groups is 2. The summed E-state index contributed by atoms with van der Waals surface area (Å²) in [5.41, 5.74) is 3.28. The maximum atomic E-state index is 12.9. The molecule has 1 N–H and O–H groups in total. The number of aryl methyl sites for hydroxylation is 1. The van der Waals surface area contributed by atoms with Crippen LogP contribution >= 0.6 is 11.6 Å². The maximum absolute atomic E-state index is 12.9. The van der Waals surface area contributed by atoms with Gasteiger partial charge >= 0.3 is 5.97 Å². The van der Waals surface area contributed by atoms with Crippen molar-refractivity contribution >= 4 is 29.2 Å². The van der Waals surface area contributed by atoms with Gasteiger partial charge < -0.3 is 14.9 Å². The minimum atomic E-state index is -0.938. The van der Waals surface area contributed by atoms with Gasteiger partial charge in [0.25, 0.3) is 5.91 Å². The summed E-state index contributed by atoms with van der Waals surface area (Å²) >= 11 is 6.11. The Balaban J connectivity index is 1.71. The average molecular weight is 373 g/mol. The number of anilines is 1. The smallest absolute Gasteiger partial charge is 0.307 e. The molecule has 26 heavy (non-hydrogen) atoms. The lowest BCUT2D eigenvalue weighted by Crippen LogP contribution is -2.49. The van der Waals surface area contributed by atoms with Gasteiger partial charge in [-0.15, -0.1) is 0 Å². The number of rotatable bonds is 4. The number of hydrogen-bond acceptors (Lipinski definition) is 3. The molecule has 1 aliphatic heterocycles. The largest absolute Gasteiger partial charge is 0.481 e. The molecule has 1 saturated heterocycles. The van der Waals surface area contributed by atoms with E-state index in [9.17, 15) is 9.59 Å². The molecule has 0 saturated carbocycles. The van der Waals surface area contributed by atoms with Gasteiger partial charge in [0.1, 0.15) is 0 Å². The fourth-order valence-electron chi connectivity index (χ4n) is 3.29. The van der Waals surface area contributed by atoms with Crippen molar-refractivity contribution in [2.45, 2.75) is 13.3 Å². The molecule has 0 aliphatic carbocycles. The highest BCUT2D eigenvalue weighted by molar-refractivity contribution is 6.30. The molecule has 2 aromatic carbocycles. The molecule has 5 nitrogen and oxygen atoms in total. The predicted molar refractivity (Wildman–Crippen MR) is 102 cm³/mol. The zero-order valence-corrected chi connectivity index (χ0v) is 15.4. The van der Waals surface area contributed by atoms with Crippen LogP contribution in [0.1, 0.15) is 21.5 Å². The van der Waals surface area contributed by atoms with Crippen molar-refractivity contribution < 1.29 is 14.7 Å². The molecule has 1 aliphatic rings. The molecule has 1 amide bonds. The van der Waals surface area contributed by atoms with E-state index < -0.39 is 5.97 Å². The zero-order chi connectivity index (χ0) is 18.7. The van der Waals surface area contributed by atoms with Gasteiger partial charge in [-0.05, 0) is 36.2 Å². The predicted octanol–water partition coefficient (Wildman–Crippen LogP) is 3.24. The van der Waals surface area contributed by atoms with Gasteiger partial charge in [0.2, 0.25) is 0 Å². The summed E-state index contributed by atoms with van der Waals surface area (Å²) in [6.07, 6.45) is -0.149. The van der Waals surface area contributed by atoms with Crippen molar-refractivity contribution in [2.24, 2.45) is 0 Å². The van der Waals surface area contributed by atoms with E-state index in [2.05, 4.69) is 4.90 Å². The Morgan fingerprint density at radius 3 is 2.46 bits per heavy atom. The van der Waals surface area contributed by atoms with Gasteiger partial charge in [-0.1, -0.05) is 35.9 Å². The van der Waals surface area contributed by atoms with E-state index >= 15 is 0 Å². The third kappa shape index (κ3) is 3.99. The minimum absolute atomic E-state index is 0.107. The Kier molecular flexibility index (Phi) is 5.47. The summed E-state index contributed by atoms with van der Waals surface area (Å²) in [6.45, 7) is 4.66. The molecular formula is C20H21ClN2O3. The van der Waals surface area contributed by atoms with Crippen molar-refractivity contribution in [2.75, 3.05) is 31.1 Å². The molecular weight excluding hydrogens is 352 g/mol. The molecule has 1 fully saturated rings. The Labute approximate surface area is 157 Å².